The lowest BCUT2D eigenvalue weighted by atomic mass is 10.0. The predicted molar refractivity (Wildman–Crippen MR) is 89.4 cm³/mol. The number of nitrogens with one attached hydrogen (secondary N) is 1. The number of hydrogen-bond donors (Lipinski definition) is 1. The van der Waals surface area contributed by atoms with E-state index in [1.54, 1.807) is 0 Å². The van der Waals surface area contributed by atoms with Crippen molar-refractivity contribution >= 4 is 0 Å². The number of nitrogens with zero attached hydrogens (tertiary/aromatic N) is 3. The van der Waals surface area contributed by atoms with Crippen molar-refractivity contribution in [3.8, 4) is 0 Å². The van der Waals surface area contributed by atoms with Crippen LogP contribution < -0.4 is 5.32 Å². The Kier molecular flexibility index (Phi) is 5.24. The Morgan fingerprint density at radius 2 is 2.09 bits per heavy atom. The molecule has 1 aliphatic heterocycles. The van der Waals surface area contributed by atoms with Crippen LogP contribution in [0.1, 0.15) is 30.5 Å². The van der Waals surface area contributed by atoms with Gasteiger partial charge in [-0.2, -0.15) is 0 Å². The first-order chi connectivity index (χ1) is 10.8. The molecule has 1 atom stereocenters. The maximum Gasteiger partial charge on any atom is 0.0945 e. The minimum Gasteiger partial charge on any atom is -0.337 e. The van der Waals surface area contributed by atoms with E-state index >= 15 is 0 Å². The van der Waals surface area contributed by atoms with Gasteiger partial charge in [0, 0.05) is 38.9 Å². The van der Waals surface area contributed by atoms with Crippen molar-refractivity contribution in [1.82, 2.24) is 19.8 Å². The second kappa shape index (κ2) is 7.56. The molecule has 0 amide bonds. The Hall–Kier alpha value is -1.65. The van der Waals surface area contributed by atoms with Crippen molar-refractivity contribution < 1.29 is 0 Å². The fraction of sp³-hybridized carbons (Fsp3) is 0.500. The molecule has 1 aromatic carbocycles. The topological polar surface area (TPSA) is 33.1 Å². The van der Waals surface area contributed by atoms with Gasteiger partial charge < -0.3 is 9.88 Å². The minimum atomic E-state index is 0.641. The van der Waals surface area contributed by atoms with E-state index in [0.29, 0.717) is 6.04 Å². The predicted octanol–water partition coefficient (Wildman–Crippen LogP) is 2.56. The summed E-state index contributed by atoms with van der Waals surface area (Å²) in [7, 11) is 2.05. The molecule has 3 rings (SSSR count). The smallest absolute Gasteiger partial charge is 0.0945 e. The van der Waals surface area contributed by atoms with E-state index in [0.717, 1.165) is 19.6 Å². The summed E-state index contributed by atoms with van der Waals surface area (Å²) in [6.45, 7) is 4.23. The Labute approximate surface area is 133 Å². The number of imidazole rings is 1. The zero-order chi connectivity index (χ0) is 15.2. The van der Waals surface area contributed by atoms with Crippen molar-refractivity contribution in [3.63, 3.8) is 0 Å². The molecule has 22 heavy (non-hydrogen) atoms. The molecule has 118 valence electrons. The third-order valence-corrected chi connectivity index (χ3v) is 4.58. The molecular formula is C18H26N4. The third kappa shape index (κ3) is 3.96. The van der Waals surface area contributed by atoms with Gasteiger partial charge in [0.05, 0.1) is 12.0 Å². The molecule has 4 nitrogen and oxygen atoms in total. The maximum absolute atomic E-state index is 4.17. The molecule has 2 aromatic rings. The molecule has 0 spiro atoms. The van der Waals surface area contributed by atoms with Gasteiger partial charge in [-0.05, 0) is 24.9 Å². The van der Waals surface area contributed by atoms with Crippen molar-refractivity contribution in [2.24, 2.45) is 7.05 Å². The van der Waals surface area contributed by atoms with Crippen LogP contribution >= 0.6 is 0 Å². The lowest BCUT2D eigenvalue weighted by Crippen LogP contribution is -2.44. The molecule has 0 bridgehead atoms. The Morgan fingerprint density at radius 3 is 2.86 bits per heavy atom. The molecular weight excluding hydrogens is 272 g/mol. The number of rotatable bonds is 6. The van der Waals surface area contributed by atoms with Crippen LogP contribution in [-0.4, -0.2) is 33.6 Å². The normalized spacial score (nSPS) is 19.4. The number of benzene rings is 1. The van der Waals surface area contributed by atoms with Gasteiger partial charge in [-0.3, -0.25) is 4.90 Å². The summed E-state index contributed by atoms with van der Waals surface area (Å²) >= 11 is 0. The minimum absolute atomic E-state index is 0.641. The highest BCUT2D eigenvalue weighted by molar-refractivity contribution is 5.14. The number of piperidine rings is 1. The Morgan fingerprint density at radius 1 is 1.23 bits per heavy atom. The highest BCUT2D eigenvalue weighted by Gasteiger charge is 2.22. The fourth-order valence-corrected chi connectivity index (χ4v) is 3.24. The zero-order valence-electron chi connectivity index (χ0n) is 13.4. The SMILES string of the molecule is Cn1cncc1CNCC1CCCCN1Cc1ccccc1. The van der Waals surface area contributed by atoms with Crippen LogP contribution in [0.4, 0.5) is 0 Å². The average molecular weight is 298 g/mol. The van der Waals surface area contributed by atoms with Crippen molar-refractivity contribution in [1.29, 1.82) is 0 Å². The molecule has 1 saturated heterocycles. The van der Waals surface area contributed by atoms with Crippen LogP contribution in [0.2, 0.25) is 0 Å². The quantitative estimate of drug-likeness (QED) is 0.890. The monoisotopic (exact) mass is 298 g/mol. The van der Waals surface area contributed by atoms with Gasteiger partial charge in [-0.1, -0.05) is 36.8 Å². The lowest BCUT2D eigenvalue weighted by Gasteiger charge is -2.36. The highest BCUT2D eigenvalue weighted by Crippen LogP contribution is 2.19. The van der Waals surface area contributed by atoms with Crippen molar-refractivity contribution in [2.45, 2.75) is 38.4 Å². The average Bonchev–Trinajstić information content (AvgIpc) is 2.95. The van der Waals surface area contributed by atoms with Crippen molar-refractivity contribution in [3.05, 3.63) is 54.1 Å². The number of likely N-dealkylation sites (tertiary alicyclic amines) is 1. The number of aryl methyl sites for hydroxylation is 1. The van der Waals surface area contributed by atoms with Crippen LogP contribution in [0, 0.1) is 0 Å². The zero-order valence-corrected chi connectivity index (χ0v) is 13.4. The third-order valence-electron chi connectivity index (χ3n) is 4.58. The molecule has 4 heteroatoms. The van der Waals surface area contributed by atoms with E-state index in [9.17, 15) is 0 Å². The molecule has 1 unspecified atom stereocenters. The molecule has 0 saturated carbocycles. The van der Waals surface area contributed by atoms with Crippen LogP contribution in [0.5, 0.6) is 0 Å². The summed E-state index contributed by atoms with van der Waals surface area (Å²) in [4.78, 5) is 6.80. The second-order valence-corrected chi connectivity index (χ2v) is 6.23. The largest absolute Gasteiger partial charge is 0.337 e. The highest BCUT2D eigenvalue weighted by atomic mass is 15.2. The van der Waals surface area contributed by atoms with Gasteiger partial charge in [-0.25, -0.2) is 4.98 Å². The van der Waals surface area contributed by atoms with E-state index in [4.69, 9.17) is 0 Å². The molecule has 1 fully saturated rings. The molecule has 1 aliphatic rings. The van der Waals surface area contributed by atoms with Gasteiger partial charge in [0.1, 0.15) is 0 Å². The summed E-state index contributed by atoms with van der Waals surface area (Å²) < 4.78 is 2.08. The van der Waals surface area contributed by atoms with Crippen molar-refractivity contribution in [2.75, 3.05) is 13.1 Å². The van der Waals surface area contributed by atoms with Crippen LogP contribution in [0.25, 0.3) is 0 Å². The number of hydrogen-bond acceptors (Lipinski definition) is 3. The van der Waals surface area contributed by atoms with E-state index in [-0.39, 0.29) is 0 Å². The van der Waals surface area contributed by atoms with E-state index < -0.39 is 0 Å². The second-order valence-electron chi connectivity index (χ2n) is 6.23. The van der Waals surface area contributed by atoms with Gasteiger partial charge in [0.25, 0.3) is 0 Å². The molecule has 0 radical (unpaired) electrons. The van der Waals surface area contributed by atoms with E-state index in [1.807, 2.05) is 19.6 Å². The summed E-state index contributed by atoms with van der Waals surface area (Å²) in [6, 6.07) is 11.5. The van der Waals surface area contributed by atoms with Gasteiger partial charge in [0.15, 0.2) is 0 Å². The molecule has 1 aromatic heterocycles. The van der Waals surface area contributed by atoms with Crippen LogP contribution in [0.15, 0.2) is 42.9 Å². The summed E-state index contributed by atoms with van der Waals surface area (Å²) in [5.74, 6) is 0. The van der Waals surface area contributed by atoms with Gasteiger partial charge >= 0.3 is 0 Å². The first kappa shape index (κ1) is 15.3. The summed E-state index contributed by atoms with van der Waals surface area (Å²) in [5.41, 5.74) is 2.66. The standard InChI is InChI=1S/C18H26N4/c1-21-15-20-13-18(21)12-19-11-17-9-5-6-10-22(17)14-16-7-3-2-4-8-16/h2-4,7-8,13,15,17,19H,5-6,9-12,14H2,1H3. The van der Waals surface area contributed by atoms with Crippen LogP contribution in [-0.2, 0) is 20.1 Å². The van der Waals surface area contributed by atoms with E-state index in [1.165, 1.54) is 37.1 Å². The fourth-order valence-electron chi connectivity index (χ4n) is 3.24. The van der Waals surface area contributed by atoms with Crippen LogP contribution in [0.3, 0.4) is 0 Å². The maximum atomic E-state index is 4.17. The first-order valence-corrected chi connectivity index (χ1v) is 8.27. The summed E-state index contributed by atoms with van der Waals surface area (Å²) in [5, 5.41) is 3.61. The lowest BCUT2D eigenvalue weighted by molar-refractivity contribution is 0.137. The number of aromatic nitrogens is 2. The van der Waals surface area contributed by atoms with E-state index in [2.05, 4.69) is 50.1 Å². The Bertz CT molecular complexity index is 563. The molecule has 2 heterocycles. The van der Waals surface area contributed by atoms with Gasteiger partial charge in [-0.15, -0.1) is 0 Å². The Balaban J connectivity index is 1.52. The molecule has 0 aliphatic carbocycles. The summed E-state index contributed by atoms with van der Waals surface area (Å²) in [6.07, 6.45) is 7.77. The first-order valence-electron chi connectivity index (χ1n) is 8.27. The van der Waals surface area contributed by atoms with Gasteiger partial charge in [0.2, 0.25) is 0 Å². The molecule has 1 N–H and O–H groups in total.